The highest BCUT2D eigenvalue weighted by Crippen LogP contribution is 2.09. The Hall–Kier alpha value is -1.69. The van der Waals surface area contributed by atoms with Crippen LogP contribution in [0.2, 0.25) is 0 Å². The standard InChI is InChI=1S/C13H19NO2/c1-6-8-9-11-14(10-7-2)12(15)16-13(3,4)5/h2,6,8-9H,1,10-11H2,3-5H3/b9-8+. The van der Waals surface area contributed by atoms with E-state index in [2.05, 4.69) is 12.5 Å². The fourth-order valence-corrected chi connectivity index (χ4v) is 0.925. The van der Waals surface area contributed by atoms with Crippen molar-refractivity contribution in [1.82, 2.24) is 4.90 Å². The predicted molar refractivity (Wildman–Crippen MR) is 66.0 cm³/mol. The van der Waals surface area contributed by atoms with Crippen LogP contribution in [0.3, 0.4) is 0 Å². The minimum absolute atomic E-state index is 0.233. The molecule has 0 fully saturated rings. The summed E-state index contributed by atoms with van der Waals surface area (Å²) >= 11 is 0. The highest BCUT2D eigenvalue weighted by Gasteiger charge is 2.20. The number of hydrogen-bond donors (Lipinski definition) is 0. The summed E-state index contributed by atoms with van der Waals surface area (Å²) in [5.41, 5.74) is -0.508. The van der Waals surface area contributed by atoms with Crippen LogP contribution >= 0.6 is 0 Å². The van der Waals surface area contributed by atoms with E-state index in [0.29, 0.717) is 6.54 Å². The topological polar surface area (TPSA) is 29.5 Å². The van der Waals surface area contributed by atoms with Crippen LogP contribution in [0.1, 0.15) is 20.8 Å². The van der Waals surface area contributed by atoms with Crippen molar-refractivity contribution in [3.05, 3.63) is 24.8 Å². The van der Waals surface area contributed by atoms with E-state index in [0.717, 1.165) is 0 Å². The molecule has 0 aromatic heterocycles. The molecule has 0 rings (SSSR count). The third-order valence-electron chi connectivity index (χ3n) is 1.53. The van der Waals surface area contributed by atoms with Crippen LogP contribution in [-0.2, 0) is 4.74 Å². The molecule has 16 heavy (non-hydrogen) atoms. The third-order valence-corrected chi connectivity index (χ3v) is 1.53. The zero-order chi connectivity index (χ0) is 12.6. The summed E-state index contributed by atoms with van der Waals surface area (Å²) < 4.78 is 5.21. The number of rotatable bonds is 4. The van der Waals surface area contributed by atoms with Crippen LogP contribution < -0.4 is 0 Å². The summed E-state index contributed by atoms with van der Waals surface area (Å²) in [7, 11) is 0. The minimum atomic E-state index is -0.508. The van der Waals surface area contributed by atoms with E-state index < -0.39 is 11.7 Å². The monoisotopic (exact) mass is 221 g/mol. The Kier molecular flexibility index (Phi) is 6.02. The quantitative estimate of drug-likeness (QED) is 0.539. The Morgan fingerprint density at radius 3 is 2.62 bits per heavy atom. The summed E-state index contributed by atoms with van der Waals surface area (Å²) in [6.07, 6.45) is 9.99. The van der Waals surface area contributed by atoms with Gasteiger partial charge in [-0.1, -0.05) is 30.7 Å². The number of terminal acetylenes is 1. The fraction of sp³-hybridized carbons (Fsp3) is 0.462. The molecule has 0 aromatic carbocycles. The van der Waals surface area contributed by atoms with Crippen molar-refractivity contribution in [1.29, 1.82) is 0 Å². The van der Waals surface area contributed by atoms with Gasteiger partial charge in [-0.25, -0.2) is 4.79 Å². The van der Waals surface area contributed by atoms with Gasteiger partial charge in [0.15, 0.2) is 0 Å². The molecule has 3 nitrogen and oxygen atoms in total. The second kappa shape index (κ2) is 6.73. The molecule has 0 aliphatic carbocycles. The van der Waals surface area contributed by atoms with Gasteiger partial charge in [-0.05, 0) is 20.8 Å². The summed E-state index contributed by atoms with van der Waals surface area (Å²) in [6, 6.07) is 0. The van der Waals surface area contributed by atoms with Gasteiger partial charge in [0.1, 0.15) is 5.60 Å². The molecule has 0 saturated heterocycles. The molecule has 0 atom stereocenters. The van der Waals surface area contributed by atoms with Crippen molar-refractivity contribution in [3.63, 3.8) is 0 Å². The average Bonchev–Trinajstić information content (AvgIpc) is 2.14. The smallest absolute Gasteiger partial charge is 0.411 e. The van der Waals surface area contributed by atoms with E-state index in [9.17, 15) is 4.79 Å². The first-order valence-corrected chi connectivity index (χ1v) is 5.09. The van der Waals surface area contributed by atoms with Gasteiger partial charge in [0, 0.05) is 6.54 Å². The maximum atomic E-state index is 11.7. The molecule has 3 heteroatoms. The fourth-order valence-electron chi connectivity index (χ4n) is 0.925. The largest absolute Gasteiger partial charge is 0.444 e. The van der Waals surface area contributed by atoms with Crippen LogP contribution in [0.4, 0.5) is 4.79 Å². The van der Waals surface area contributed by atoms with Gasteiger partial charge < -0.3 is 4.74 Å². The van der Waals surface area contributed by atoms with Crippen molar-refractivity contribution >= 4 is 6.09 Å². The van der Waals surface area contributed by atoms with Gasteiger partial charge in [0.2, 0.25) is 0 Å². The molecule has 0 saturated carbocycles. The van der Waals surface area contributed by atoms with Crippen LogP contribution in [0.15, 0.2) is 24.8 Å². The van der Waals surface area contributed by atoms with Crippen molar-refractivity contribution in [2.24, 2.45) is 0 Å². The van der Waals surface area contributed by atoms with E-state index in [4.69, 9.17) is 11.2 Å². The Balaban J connectivity index is 4.41. The van der Waals surface area contributed by atoms with E-state index in [1.807, 2.05) is 20.8 Å². The maximum Gasteiger partial charge on any atom is 0.411 e. The van der Waals surface area contributed by atoms with E-state index in [1.54, 1.807) is 18.2 Å². The first-order valence-electron chi connectivity index (χ1n) is 5.09. The number of carbonyl (C=O) groups excluding carboxylic acids is 1. The van der Waals surface area contributed by atoms with Gasteiger partial charge in [-0.15, -0.1) is 6.42 Å². The number of amides is 1. The molecule has 0 N–H and O–H groups in total. The van der Waals surface area contributed by atoms with Crippen molar-refractivity contribution in [2.75, 3.05) is 13.1 Å². The number of ether oxygens (including phenoxy) is 1. The van der Waals surface area contributed by atoms with Gasteiger partial charge in [-0.3, -0.25) is 4.90 Å². The van der Waals surface area contributed by atoms with E-state index >= 15 is 0 Å². The molecule has 88 valence electrons. The SMILES string of the molecule is C#CCN(C/C=C/C=C)C(=O)OC(C)(C)C. The molecular formula is C13H19NO2. The summed E-state index contributed by atoms with van der Waals surface area (Å²) in [6.45, 7) is 9.65. The Labute approximate surface area is 97.8 Å². The zero-order valence-corrected chi connectivity index (χ0v) is 10.2. The van der Waals surface area contributed by atoms with Crippen molar-refractivity contribution in [3.8, 4) is 12.3 Å². The lowest BCUT2D eigenvalue weighted by Gasteiger charge is -2.25. The molecule has 1 amide bonds. The van der Waals surface area contributed by atoms with Crippen LogP contribution in [0.5, 0.6) is 0 Å². The molecular weight excluding hydrogens is 202 g/mol. The van der Waals surface area contributed by atoms with Crippen molar-refractivity contribution < 1.29 is 9.53 Å². The highest BCUT2D eigenvalue weighted by molar-refractivity contribution is 5.68. The van der Waals surface area contributed by atoms with Crippen LogP contribution in [-0.4, -0.2) is 29.7 Å². The predicted octanol–water partition coefficient (Wildman–Crippen LogP) is 2.60. The molecule has 0 radical (unpaired) electrons. The summed E-state index contributed by atoms with van der Waals surface area (Å²) in [4.78, 5) is 13.1. The van der Waals surface area contributed by atoms with E-state index in [-0.39, 0.29) is 6.54 Å². The molecule has 0 spiro atoms. The summed E-state index contributed by atoms with van der Waals surface area (Å²) in [5.74, 6) is 2.43. The number of carbonyl (C=O) groups is 1. The number of hydrogen-bond acceptors (Lipinski definition) is 2. The Bertz CT molecular complexity index is 305. The first-order chi connectivity index (χ1) is 7.40. The van der Waals surface area contributed by atoms with E-state index in [1.165, 1.54) is 4.90 Å². The number of nitrogens with zero attached hydrogens (tertiary/aromatic N) is 1. The second-order valence-electron chi connectivity index (χ2n) is 4.23. The number of allylic oxidation sites excluding steroid dienone is 2. The zero-order valence-electron chi connectivity index (χ0n) is 10.2. The molecule has 0 aliphatic heterocycles. The second-order valence-corrected chi connectivity index (χ2v) is 4.23. The maximum absolute atomic E-state index is 11.7. The van der Waals surface area contributed by atoms with Gasteiger partial charge >= 0.3 is 6.09 Å². The normalized spacial score (nSPS) is 10.9. The van der Waals surface area contributed by atoms with Crippen LogP contribution in [0, 0.1) is 12.3 Å². The lowest BCUT2D eigenvalue weighted by Crippen LogP contribution is -2.37. The van der Waals surface area contributed by atoms with Crippen LogP contribution in [0.25, 0.3) is 0 Å². The summed E-state index contributed by atoms with van der Waals surface area (Å²) in [5, 5.41) is 0. The minimum Gasteiger partial charge on any atom is -0.444 e. The molecule has 0 bridgehead atoms. The molecule has 0 aromatic rings. The molecule has 0 unspecified atom stereocenters. The molecule has 0 aliphatic rings. The lowest BCUT2D eigenvalue weighted by molar-refractivity contribution is 0.0296. The lowest BCUT2D eigenvalue weighted by atomic mass is 10.2. The Morgan fingerprint density at radius 1 is 1.56 bits per heavy atom. The van der Waals surface area contributed by atoms with Gasteiger partial charge in [0.05, 0.1) is 6.54 Å². The highest BCUT2D eigenvalue weighted by atomic mass is 16.6. The van der Waals surface area contributed by atoms with Gasteiger partial charge in [-0.2, -0.15) is 0 Å². The first kappa shape index (κ1) is 14.3. The average molecular weight is 221 g/mol. The third kappa shape index (κ3) is 6.72. The van der Waals surface area contributed by atoms with Crippen molar-refractivity contribution in [2.45, 2.75) is 26.4 Å². The van der Waals surface area contributed by atoms with Gasteiger partial charge in [0.25, 0.3) is 0 Å². The Morgan fingerprint density at radius 2 is 2.19 bits per heavy atom. The molecule has 0 heterocycles.